The molecule has 0 spiro atoms. The first-order valence-electron chi connectivity index (χ1n) is 3.92. The quantitative estimate of drug-likeness (QED) is 0.721. The fourth-order valence-corrected chi connectivity index (χ4v) is 0.855. The van der Waals surface area contributed by atoms with Gasteiger partial charge in [-0.05, 0) is 13.8 Å². The van der Waals surface area contributed by atoms with Gasteiger partial charge in [0.05, 0.1) is 12.5 Å². The number of aromatic amines is 1. The van der Waals surface area contributed by atoms with Crippen molar-refractivity contribution < 1.29 is 4.79 Å². The molecule has 0 aromatic carbocycles. The van der Waals surface area contributed by atoms with Crippen LogP contribution in [0.5, 0.6) is 0 Å². The smallest absolute Gasteiger partial charge is 0.269 e. The van der Waals surface area contributed by atoms with Crippen molar-refractivity contribution in [1.82, 2.24) is 15.3 Å². The summed E-state index contributed by atoms with van der Waals surface area (Å²) in [6, 6.07) is 0. The number of carbonyl (C=O) groups excluding carboxylic acids is 1. The highest BCUT2D eigenvalue weighted by atomic mass is 35.5. The first-order valence-corrected chi connectivity index (χ1v) is 4.45. The fraction of sp³-hybridized carbons (Fsp3) is 0.500. The van der Waals surface area contributed by atoms with Gasteiger partial charge in [0.25, 0.3) is 5.91 Å². The van der Waals surface area contributed by atoms with E-state index < -0.39 is 5.54 Å². The van der Waals surface area contributed by atoms with Gasteiger partial charge in [0, 0.05) is 11.4 Å². The normalized spacial score (nSPS) is 11.3. The number of hydrogen-bond donors (Lipinski definition) is 2. The minimum Gasteiger partial charge on any atom is -0.345 e. The number of H-pyrrole nitrogens is 1. The summed E-state index contributed by atoms with van der Waals surface area (Å²) >= 11 is 5.66. The molecule has 0 unspecified atom stereocenters. The van der Waals surface area contributed by atoms with Gasteiger partial charge in [-0.15, -0.1) is 11.6 Å². The van der Waals surface area contributed by atoms with Crippen molar-refractivity contribution in [2.45, 2.75) is 19.4 Å². The summed E-state index contributed by atoms with van der Waals surface area (Å²) in [4.78, 5) is 17.9. The van der Waals surface area contributed by atoms with Crippen molar-refractivity contribution in [3.8, 4) is 0 Å². The second kappa shape index (κ2) is 3.79. The highest BCUT2D eigenvalue weighted by molar-refractivity contribution is 6.18. The third kappa shape index (κ3) is 2.73. The summed E-state index contributed by atoms with van der Waals surface area (Å²) in [5.41, 5.74) is 0.0437. The molecule has 1 aromatic rings. The number of aromatic nitrogens is 2. The number of alkyl halides is 1. The Labute approximate surface area is 81.7 Å². The highest BCUT2D eigenvalue weighted by Gasteiger charge is 2.20. The molecular formula is C8H12ClN3O. The number of imidazole rings is 1. The van der Waals surface area contributed by atoms with Crippen LogP contribution in [-0.4, -0.2) is 27.3 Å². The Morgan fingerprint density at radius 3 is 2.92 bits per heavy atom. The number of halogens is 1. The fourth-order valence-electron chi connectivity index (χ4n) is 0.788. The average Bonchev–Trinajstić information content (AvgIpc) is 2.55. The van der Waals surface area contributed by atoms with Crippen LogP contribution in [0.3, 0.4) is 0 Å². The summed E-state index contributed by atoms with van der Waals surface area (Å²) in [6.45, 7) is 3.71. The molecule has 0 radical (unpaired) electrons. The molecule has 0 saturated carbocycles. The van der Waals surface area contributed by atoms with E-state index in [0.717, 1.165) is 0 Å². The number of amides is 1. The van der Waals surface area contributed by atoms with Crippen LogP contribution >= 0.6 is 11.6 Å². The molecule has 1 aromatic heterocycles. The lowest BCUT2D eigenvalue weighted by atomic mass is 10.1. The Balaban J connectivity index is 2.61. The van der Waals surface area contributed by atoms with Gasteiger partial charge in [-0.25, -0.2) is 4.98 Å². The van der Waals surface area contributed by atoms with Crippen LogP contribution < -0.4 is 5.32 Å². The van der Waals surface area contributed by atoms with Crippen molar-refractivity contribution in [2.24, 2.45) is 0 Å². The first kappa shape index (κ1) is 10.1. The monoisotopic (exact) mass is 201 g/mol. The van der Waals surface area contributed by atoms with E-state index in [-0.39, 0.29) is 5.91 Å². The van der Waals surface area contributed by atoms with Crippen molar-refractivity contribution in [3.05, 3.63) is 18.2 Å². The van der Waals surface area contributed by atoms with Crippen molar-refractivity contribution >= 4 is 17.5 Å². The molecule has 2 N–H and O–H groups in total. The number of hydrogen-bond acceptors (Lipinski definition) is 2. The van der Waals surface area contributed by atoms with Crippen molar-refractivity contribution in [1.29, 1.82) is 0 Å². The minimum absolute atomic E-state index is 0.192. The van der Waals surface area contributed by atoms with Crippen LogP contribution in [0.25, 0.3) is 0 Å². The largest absolute Gasteiger partial charge is 0.345 e. The Morgan fingerprint density at radius 2 is 2.46 bits per heavy atom. The van der Waals surface area contributed by atoms with Crippen LogP contribution in [0.2, 0.25) is 0 Å². The lowest BCUT2D eigenvalue weighted by molar-refractivity contribution is 0.0916. The van der Waals surface area contributed by atoms with E-state index in [1.807, 2.05) is 13.8 Å². The third-order valence-corrected chi connectivity index (χ3v) is 2.20. The summed E-state index contributed by atoms with van der Waals surface area (Å²) in [7, 11) is 0. The Hall–Kier alpha value is -1.03. The van der Waals surface area contributed by atoms with Gasteiger partial charge in [-0.1, -0.05) is 0 Å². The molecule has 0 fully saturated rings. The van der Waals surface area contributed by atoms with Gasteiger partial charge in [0.1, 0.15) is 5.69 Å². The molecule has 5 heteroatoms. The zero-order valence-electron chi connectivity index (χ0n) is 7.60. The van der Waals surface area contributed by atoms with Crippen LogP contribution in [0, 0.1) is 0 Å². The van der Waals surface area contributed by atoms with E-state index in [1.54, 1.807) is 0 Å². The van der Waals surface area contributed by atoms with Crippen LogP contribution in [-0.2, 0) is 0 Å². The number of nitrogens with zero attached hydrogens (tertiary/aromatic N) is 1. The average molecular weight is 202 g/mol. The molecule has 1 rings (SSSR count). The molecule has 4 nitrogen and oxygen atoms in total. The summed E-state index contributed by atoms with van der Waals surface area (Å²) in [5, 5.41) is 2.77. The SMILES string of the molecule is CC(C)(CCl)NC(=O)c1cnc[nH]1. The van der Waals surface area contributed by atoms with Crippen LogP contribution in [0.1, 0.15) is 24.3 Å². The maximum Gasteiger partial charge on any atom is 0.269 e. The topological polar surface area (TPSA) is 57.8 Å². The number of rotatable bonds is 3. The van der Waals surface area contributed by atoms with E-state index in [2.05, 4.69) is 15.3 Å². The lowest BCUT2D eigenvalue weighted by Gasteiger charge is -2.22. The third-order valence-electron chi connectivity index (χ3n) is 1.53. The zero-order chi connectivity index (χ0) is 9.90. The number of carbonyl (C=O) groups is 1. The van der Waals surface area contributed by atoms with Gasteiger partial charge in [-0.3, -0.25) is 4.79 Å². The van der Waals surface area contributed by atoms with E-state index in [9.17, 15) is 4.79 Å². The van der Waals surface area contributed by atoms with Gasteiger partial charge < -0.3 is 10.3 Å². The van der Waals surface area contributed by atoms with Crippen LogP contribution in [0.4, 0.5) is 0 Å². The van der Waals surface area contributed by atoms with Crippen molar-refractivity contribution in [2.75, 3.05) is 5.88 Å². The molecule has 0 atom stereocenters. The number of nitrogens with one attached hydrogen (secondary N) is 2. The van der Waals surface area contributed by atoms with E-state index in [0.29, 0.717) is 11.6 Å². The molecule has 0 saturated heterocycles. The highest BCUT2D eigenvalue weighted by Crippen LogP contribution is 2.05. The summed E-state index contributed by atoms with van der Waals surface area (Å²) in [5.74, 6) is 0.176. The molecule has 0 aliphatic heterocycles. The van der Waals surface area contributed by atoms with Gasteiger partial charge in [-0.2, -0.15) is 0 Å². The molecule has 0 aliphatic rings. The lowest BCUT2D eigenvalue weighted by Crippen LogP contribution is -2.45. The second-order valence-electron chi connectivity index (χ2n) is 3.44. The van der Waals surface area contributed by atoms with Gasteiger partial charge in [0.2, 0.25) is 0 Å². The van der Waals surface area contributed by atoms with E-state index in [1.165, 1.54) is 12.5 Å². The molecule has 0 bridgehead atoms. The first-order chi connectivity index (χ1) is 6.05. The Bertz CT molecular complexity index is 282. The molecule has 1 amide bonds. The van der Waals surface area contributed by atoms with Crippen LogP contribution in [0.15, 0.2) is 12.5 Å². The van der Waals surface area contributed by atoms with Gasteiger partial charge >= 0.3 is 0 Å². The maximum absolute atomic E-state index is 11.4. The molecule has 0 aliphatic carbocycles. The molecule has 72 valence electrons. The minimum atomic E-state index is -0.399. The molecule has 1 heterocycles. The Morgan fingerprint density at radius 1 is 1.77 bits per heavy atom. The predicted molar refractivity (Wildman–Crippen MR) is 50.9 cm³/mol. The zero-order valence-corrected chi connectivity index (χ0v) is 8.35. The van der Waals surface area contributed by atoms with Crippen molar-refractivity contribution in [3.63, 3.8) is 0 Å². The van der Waals surface area contributed by atoms with Gasteiger partial charge in [0.15, 0.2) is 0 Å². The molecule has 13 heavy (non-hydrogen) atoms. The standard InChI is InChI=1S/C8H12ClN3O/c1-8(2,4-9)12-7(13)6-3-10-5-11-6/h3,5H,4H2,1-2H3,(H,10,11)(H,12,13). The summed E-state index contributed by atoms with van der Waals surface area (Å²) < 4.78 is 0. The predicted octanol–water partition coefficient (Wildman–Crippen LogP) is 1.16. The van der Waals surface area contributed by atoms with E-state index in [4.69, 9.17) is 11.6 Å². The Kier molecular flexibility index (Phi) is 2.93. The maximum atomic E-state index is 11.4. The molecular weight excluding hydrogens is 190 g/mol. The summed E-state index contributed by atoms with van der Waals surface area (Å²) in [6.07, 6.45) is 2.93. The van der Waals surface area contributed by atoms with E-state index >= 15 is 0 Å². The second-order valence-corrected chi connectivity index (χ2v) is 3.70.